The van der Waals surface area contributed by atoms with E-state index in [1.165, 1.54) is 5.56 Å². The number of phenolic OH excluding ortho intramolecular Hbond substituents is 1. The second-order valence-corrected chi connectivity index (χ2v) is 4.21. The van der Waals surface area contributed by atoms with Crippen molar-refractivity contribution in [1.82, 2.24) is 0 Å². The summed E-state index contributed by atoms with van der Waals surface area (Å²) in [5.74, 6) is 0.903. The third-order valence-electron chi connectivity index (χ3n) is 2.83. The fraction of sp³-hybridized carbons (Fsp3) is 0.200. The smallest absolute Gasteiger partial charge is 0.124 e. The molecule has 0 radical (unpaired) electrons. The maximum absolute atomic E-state index is 9.82. The largest absolute Gasteiger partial charge is 0.507 e. The molecule has 2 aromatic rings. The zero-order valence-corrected chi connectivity index (χ0v) is 10.6. The van der Waals surface area contributed by atoms with E-state index in [0.29, 0.717) is 12.3 Å². The van der Waals surface area contributed by atoms with E-state index >= 15 is 0 Å². The highest BCUT2D eigenvalue weighted by Crippen LogP contribution is 2.24. The highest BCUT2D eigenvalue weighted by Gasteiger charge is 2.02. The normalized spacial score (nSPS) is 10.1. The van der Waals surface area contributed by atoms with E-state index in [-0.39, 0.29) is 5.75 Å². The molecule has 0 spiro atoms. The number of nitrogens with one attached hydrogen (secondary N) is 1. The molecule has 3 heteroatoms. The molecule has 0 aliphatic carbocycles. The molecule has 0 fully saturated rings. The van der Waals surface area contributed by atoms with Crippen molar-refractivity contribution in [2.75, 3.05) is 12.4 Å². The lowest BCUT2D eigenvalue weighted by molar-refractivity contribution is 0.406. The van der Waals surface area contributed by atoms with Gasteiger partial charge in [-0.3, -0.25) is 0 Å². The van der Waals surface area contributed by atoms with E-state index in [1.54, 1.807) is 13.2 Å². The molecule has 0 aliphatic heterocycles. The van der Waals surface area contributed by atoms with Gasteiger partial charge in [-0.05, 0) is 31.2 Å². The number of benzene rings is 2. The van der Waals surface area contributed by atoms with E-state index in [0.717, 1.165) is 11.3 Å². The summed E-state index contributed by atoms with van der Waals surface area (Å²) < 4.78 is 5.05. The molecule has 0 atom stereocenters. The summed E-state index contributed by atoms with van der Waals surface area (Å²) in [6, 6.07) is 13.5. The predicted octanol–water partition coefficient (Wildman–Crippen LogP) is 3.32. The number of ether oxygens (including phenoxy) is 1. The molecule has 2 aromatic carbocycles. The Bertz CT molecular complexity index is 521. The van der Waals surface area contributed by atoms with Crippen LogP contribution in [0.1, 0.15) is 11.1 Å². The van der Waals surface area contributed by atoms with Crippen molar-refractivity contribution < 1.29 is 9.84 Å². The summed E-state index contributed by atoms with van der Waals surface area (Å²) in [4.78, 5) is 0. The molecule has 2 rings (SSSR count). The van der Waals surface area contributed by atoms with Crippen molar-refractivity contribution in [3.63, 3.8) is 0 Å². The summed E-state index contributed by atoms with van der Waals surface area (Å²) in [6.45, 7) is 2.64. The zero-order valence-electron chi connectivity index (χ0n) is 10.6. The third kappa shape index (κ3) is 2.94. The molecule has 0 saturated heterocycles. The predicted molar refractivity (Wildman–Crippen MR) is 73.2 cm³/mol. The minimum Gasteiger partial charge on any atom is -0.507 e. The van der Waals surface area contributed by atoms with Crippen LogP contribution in [-0.4, -0.2) is 12.2 Å². The van der Waals surface area contributed by atoms with Gasteiger partial charge in [0.15, 0.2) is 0 Å². The van der Waals surface area contributed by atoms with Crippen LogP contribution in [0.3, 0.4) is 0 Å². The molecule has 2 N–H and O–H groups in total. The molecule has 0 aromatic heterocycles. The molecular weight excluding hydrogens is 226 g/mol. The number of hydrogen-bond donors (Lipinski definition) is 2. The lowest BCUT2D eigenvalue weighted by atomic mass is 10.1. The Labute approximate surface area is 107 Å². The molecule has 0 bridgehead atoms. The lowest BCUT2D eigenvalue weighted by Gasteiger charge is -2.09. The monoisotopic (exact) mass is 243 g/mol. The Hall–Kier alpha value is -2.16. The van der Waals surface area contributed by atoms with E-state index in [9.17, 15) is 5.11 Å². The Balaban J connectivity index is 2.04. The number of phenols is 1. The first-order valence-corrected chi connectivity index (χ1v) is 5.85. The van der Waals surface area contributed by atoms with Crippen LogP contribution in [0.4, 0.5) is 5.69 Å². The standard InChI is InChI=1S/C15H17NO2/c1-11-3-6-13(7-4-11)16-10-12-5-8-14(18-2)9-15(12)17/h3-9,16-17H,10H2,1-2H3. The first kappa shape index (κ1) is 12.3. The van der Waals surface area contributed by atoms with Crippen molar-refractivity contribution in [2.45, 2.75) is 13.5 Å². The quantitative estimate of drug-likeness (QED) is 0.865. The van der Waals surface area contributed by atoms with Gasteiger partial charge in [-0.2, -0.15) is 0 Å². The molecule has 0 unspecified atom stereocenters. The van der Waals surface area contributed by atoms with E-state index in [2.05, 4.69) is 24.4 Å². The first-order chi connectivity index (χ1) is 8.69. The Morgan fingerprint density at radius 3 is 2.44 bits per heavy atom. The van der Waals surface area contributed by atoms with Gasteiger partial charge in [0.05, 0.1) is 7.11 Å². The molecular formula is C15H17NO2. The van der Waals surface area contributed by atoms with E-state index < -0.39 is 0 Å². The molecule has 0 amide bonds. The fourth-order valence-corrected chi connectivity index (χ4v) is 1.69. The van der Waals surface area contributed by atoms with E-state index in [1.807, 2.05) is 24.3 Å². The van der Waals surface area contributed by atoms with Crippen LogP contribution in [-0.2, 0) is 6.54 Å². The van der Waals surface area contributed by atoms with Crippen LogP contribution in [0, 0.1) is 6.92 Å². The van der Waals surface area contributed by atoms with Gasteiger partial charge < -0.3 is 15.2 Å². The number of aryl methyl sites for hydroxylation is 1. The van der Waals surface area contributed by atoms with Crippen LogP contribution in [0.5, 0.6) is 11.5 Å². The summed E-state index contributed by atoms with van der Waals surface area (Å²) in [7, 11) is 1.58. The summed E-state index contributed by atoms with van der Waals surface area (Å²) in [5.41, 5.74) is 3.11. The Kier molecular flexibility index (Phi) is 3.72. The van der Waals surface area contributed by atoms with Gasteiger partial charge in [0, 0.05) is 23.9 Å². The van der Waals surface area contributed by atoms with Crippen LogP contribution in [0.25, 0.3) is 0 Å². The van der Waals surface area contributed by atoms with Crippen LogP contribution >= 0.6 is 0 Å². The molecule has 0 saturated carbocycles. The van der Waals surface area contributed by atoms with E-state index in [4.69, 9.17) is 4.74 Å². The molecule has 0 heterocycles. The van der Waals surface area contributed by atoms with Crippen molar-refractivity contribution >= 4 is 5.69 Å². The number of hydrogen-bond acceptors (Lipinski definition) is 3. The summed E-state index contributed by atoms with van der Waals surface area (Å²) in [5, 5.41) is 13.1. The van der Waals surface area contributed by atoms with Gasteiger partial charge in [0.2, 0.25) is 0 Å². The third-order valence-corrected chi connectivity index (χ3v) is 2.83. The van der Waals surface area contributed by atoms with Crippen LogP contribution in [0.15, 0.2) is 42.5 Å². The van der Waals surface area contributed by atoms with Crippen LogP contribution < -0.4 is 10.1 Å². The Morgan fingerprint density at radius 2 is 1.83 bits per heavy atom. The minimum absolute atomic E-state index is 0.244. The minimum atomic E-state index is 0.244. The highest BCUT2D eigenvalue weighted by molar-refractivity contribution is 5.47. The Morgan fingerprint density at radius 1 is 1.11 bits per heavy atom. The molecule has 94 valence electrons. The summed E-state index contributed by atoms with van der Waals surface area (Å²) in [6.07, 6.45) is 0. The lowest BCUT2D eigenvalue weighted by Crippen LogP contribution is -1.99. The number of anilines is 1. The summed E-state index contributed by atoms with van der Waals surface area (Å²) >= 11 is 0. The van der Waals surface area contributed by atoms with Gasteiger partial charge in [0.1, 0.15) is 11.5 Å². The SMILES string of the molecule is COc1ccc(CNc2ccc(C)cc2)c(O)c1. The average Bonchev–Trinajstić information content (AvgIpc) is 2.39. The number of rotatable bonds is 4. The van der Waals surface area contributed by atoms with Crippen molar-refractivity contribution in [2.24, 2.45) is 0 Å². The van der Waals surface area contributed by atoms with Gasteiger partial charge in [-0.15, -0.1) is 0 Å². The second kappa shape index (κ2) is 5.45. The number of aromatic hydroxyl groups is 1. The number of methoxy groups -OCH3 is 1. The van der Waals surface area contributed by atoms with Gasteiger partial charge in [0.25, 0.3) is 0 Å². The van der Waals surface area contributed by atoms with Gasteiger partial charge in [-0.1, -0.05) is 17.7 Å². The average molecular weight is 243 g/mol. The fourth-order valence-electron chi connectivity index (χ4n) is 1.69. The molecule has 3 nitrogen and oxygen atoms in total. The van der Waals surface area contributed by atoms with Gasteiger partial charge >= 0.3 is 0 Å². The van der Waals surface area contributed by atoms with Crippen molar-refractivity contribution in [1.29, 1.82) is 0 Å². The van der Waals surface area contributed by atoms with Crippen molar-refractivity contribution in [3.8, 4) is 11.5 Å². The topological polar surface area (TPSA) is 41.5 Å². The van der Waals surface area contributed by atoms with Crippen molar-refractivity contribution in [3.05, 3.63) is 53.6 Å². The second-order valence-electron chi connectivity index (χ2n) is 4.21. The van der Waals surface area contributed by atoms with Gasteiger partial charge in [-0.25, -0.2) is 0 Å². The highest BCUT2D eigenvalue weighted by atomic mass is 16.5. The molecule has 18 heavy (non-hydrogen) atoms. The zero-order chi connectivity index (χ0) is 13.0. The van der Waals surface area contributed by atoms with Crippen LogP contribution in [0.2, 0.25) is 0 Å². The molecule has 0 aliphatic rings. The maximum atomic E-state index is 9.82. The first-order valence-electron chi connectivity index (χ1n) is 5.85. The maximum Gasteiger partial charge on any atom is 0.124 e.